The van der Waals surface area contributed by atoms with Crippen LogP contribution >= 0.6 is 11.8 Å². The Morgan fingerprint density at radius 1 is 1.03 bits per heavy atom. The fraction of sp³-hybridized carbons (Fsp3) is 0.429. The smallest absolute Gasteiger partial charge is 0.123 e. The van der Waals surface area contributed by atoms with Crippen molar-refractivity contribution >= 4 is 23.1 Å². The number of hydrogen-bond acceptors (Lipinski definition) is 4. The van der Waals surface area contributed by atoms with Crippen LogP contribution in [0.25, 0.3) is 0 Å². The zero-order chi connectivity index (χ0) is 23.1. The number of fused-ring (bicyclic) bond motifs is 2. The maximum Gasteiger partial charge on any atom is 0.123 e. The predicted octanol–water partition coefficient (Wildman–Crippen LogP) is 7.58. The Hall–Kier alpha value is -2.33. The molecule has 0 amide bonds. The molecule has 0 spiro atoms. The largest absolute Gasteiger partial charge is 0.507 e. The van der Waals surface area contributed by atoms with Crippen molar-refractivity contribution in [3.8, 4) is 5.75 Å². The molecule has 0 radical (unpaired) electrons. The van der Waals surface area contributed by atoms with E-state index in [-0.39, 0.29) is 10.8 Å². The van der Waals surface area contributed by atoms with Crippen LogP contribution in [-0.4, -0.2) is 11.0 Å². The summed E-state index contributed by atoms with van der Waals surface area (Å²) >= 11 is 1.78. The molecule has 4 rings (SSSR count). The van der Waals surface area contributed by atoms with Gasteiger partial charge in [0.05, 0.1) is 5.88 Å². The number of allylic oxidation sites excluding steroid dienone is 4. The van der Waals surface area contributed by atoms with Gasteiger partial charge in [0.25, 0.3) is 0 Å². The molecule has 0 saturated heterocycles. The van der Waals surface area contributed by atoms with Crippen LogP contribution in [-0.2, 0) is 17.3 Å². The van der Waals surface area contributed by atoms with Gasteiger partial charge in [-0.2, -0.15) is 0 Å². The molecule has 0 fully saturated rings. The Morgan fingerprint density at radius 2 is 1.72 bits per heavy atom. The van der Waals surface area contributed by atoms with Gasteiger partial charge >= 0.3 is 0 Å². The van der Waals surface area contributed by atoms with Gasteiger partial charge in [-0.05, 0) is 65.6 Å². The van der Waals surface area contributed by atoms with Gasteiger partial charge in [0.2, 0.25) is 0 Å². The Morgan fingerprint density at radius 3 is 2.38 bits per heavy atom. The molecule has 1 heterocycles. The molecule has 1 unspecified atom stereocenters. The highest BCUT2D eigenvalue weighted by Gasteiger charge is 2.27. The lowest BCUT2D eigenvalue weighted by Gasteiger charge is -2.30. The van der Waals surface area contributed by atoms with Crippen LogP contribution in [0.15, 0.2) is 59.2 Å². The number of aromatic hydroxyl groups is 1. The molecule has 2 aliphatic rings. The minimum atomic E-state index is -0.110. The van der Waals surface area contributed by atoms with Gasteiger partial charge in [0.1, 0.15) is 5.75 Å². The lowest BCUT2D eigenvalue weighted by atomic mass is 9.79. The summed E-state index contributed by atoms with van der Waals surface area (Å²) in [4.78, 5) is 1.19. The maximum absolute atomic E-state index is 10.9. The van der Waals surface area contributed by atoms with E-state index >= 15 is 0 Å². The first-order chi connectivity index (χ1) is 15.0. The highest BCUT2D eigenvalue weighted by Crippen LogP contribution is 2.42. The summed E-state index contributed by atoms with van der Waals surface area (Å²) in [5.41, 5.74) is 6.91. The maximum atomic E-state index is 10.9. The lowest BCUT2D eigenvalue weighted by molar-refractivity contribution is 0.422. The van der Waals surface area contributed by atoms with Gasteiger partial charge in [-0.15, -0.1) is 11.8 Å². The zero-order valence-electron chi connectivity index (χ0n) is 20.2. The normalized spacial score (nSPS) is 17.8. The fourth-order valence-electron chi connectivity index (χ4n) is 4.47. The van der Waals surface area contributed by atoms with Crippen molar-refractivity contribution in [1.29, 1.82) is 0 Å². The molecule has 2 aromatic rings. The first-order valence-corrected chi connectivity index (χ1v) is 12.5. The molecule has 2 aromatic carbocycles. The van der Waals surface area contributed by atoms with E-state index in [4.69, 9.17) is 0 Å². The van der Waals surface area contributed by atoms with E-state index in [0.717, 1.165) is 35.5 Å². The number of phenolic OH excluding ortho intramolecular Hbond substituents is 1. The van der Waals surface area contributed by atoms with Crippen LogP contribution in [0, 0.1) is 5.92 Å². The zero-order valence-corrected chi connectivity index (χ0v) is 21.0. The second kappa shape index (κ2) is 8.55. The minimum absolute atomic E-state index is 0.110. The lowest BCUT2D eigenvalue weighted by Crippen LogP contribution is -2.22. The van der Waals surface area contributed by atoms with E-state index in [2.05, 4.69) is 101 Å². The molecule has 0 aromatic heterocycles. The van der Waals surface area contributed by atoms with Crippen molar-refractivity contribution in [2.45, 2.75) is 70.1 Å². The van der Waals surface area contributed by atoms with Crippen LogP contribution < -0.4 is 10.6 Å². The highest BCUT2D eigenvalue weighted by atomic mass is 32.2. The average Bonchev–Trinajstić information content (AvgIpc) is 2.71. The number of rotatable bonds is 4. The van der Waals surface area contributed by atoms with Gasteiger partial charge in [-0.1, -0.05) is 53.7 Å². The summed E-state index contributed by atoms with van der Waals surface area (Å²) in [6.07, 6.45) is 8.81. The monoisotopic (exact) mass is 448 g/mol. The number of hydrogen-bond donors (Lipinski definition) is 3. The van der Waals surface area contributed by atoms with Crippen LogP contribution in [0.3, 0.4) is 0 Å². The summed E-state index contributed by atoms with van der Waals surface area (Å²) in [5.74, 6) is 1.79. The number of nitrogens with one attached hydrogen (secondary N) is 2. The van der Waals surface area contributed by atoms with Gasteiger partial charge < -0.3 is 15.7 Å². The molecular formula is C28H36N2OS. The predicted molar refractivity (Wildman–Crippen MR) is 139 cm³/mol. The van der Waals surface area contributed by atoms with Crippen LogP contribution in [0.4, 0.5) is 11.4 Å². The summed E-state index contributed by atoms with van der Waals surface area (Å²) in [7, 11) is 0. The topological polar surface area (TPSA) is 44.3 Å². The Labute approximate surface area is 197 Å². The Balaban J connectivity index is 1.48. The summed E-state index contributed by atoms with van der Waals surface area (Å²) in [6.45, 7) is 12.9. The standard InChI is InChI=1S/C28H36N2OS/c1-27(2,3)22-15-21(16-23(26(22)31)28(4,5)6)32-17-29-20-11-12-25-19(14-20)13-18-9-7-8-10-24(18)30-25/h7-8,10-12,14-16,18,29-31H,9,13,17H2,1-6H3. The third kappa shape index (κ3) is 4.85. The average molecular weight is 449 g/mol. The third-order valence-electron chi connectivity index (χ3n) is 6.34. The van der Waals surface area contributed by atoms with Crippen molar-refractivity contribution in [2.24, 2.45) is 5.92 Å². The summed E-state index contributed by atoms with van der Waals surface area (Å²) in [6, 6.07) is 10.9. The molecule has 1 atom stereocenters. The Kier molecular flexibility index (Phi) is 6.10. The third-order valence-corrected chi connectivity index (χ3v) is 7.20. The molecule has 0 saturated carbocycles. The van der Waals surface area contributed by atoms with Gasteiger partial charge in [-0.3, -0.25) is 0 Å². The van der Waals surface area contributed by atoms with Crippen molar-refractivity contribution in [2.75, 3.05) is 16.5 Å². The summed E-state index contributed by atoms with van der Waals surface area (Å²) < 4.78 is 0. The van der Waals surface area contributed by atoms with Crippen molar-refractivity contribution in [1.82, 2.24) is 0 Å². The van der Waals surface area contributed by atoms with Crippen molar-refractivity contribution in [3.05, 3.63) is 70.9 Å². The van der Waals surface area contributed by atoms with Gasteiger partial charge in [0.15, 0.2) is 0 Å². The molecule has 3 nitrogen and oxygen atoms in total. The molecule has 0 bridgehead atoms. The quantitative estimate of drug-likeness (QED) is 0.333. The van der Waals surface area contributed by atoms with E-state index in [9.17, 15) is 5.11 Å². The van der Waals surface area contributed by atoms with E-state index in [1.165, 1.54) is 21.8 Å². The van der Waals surface area contributed by atoms with E-state index in [1.54, 1.807) is 11.8 Å². The summed E-state index contributed by atoms with van der Waals surface area (Å²) in [5, 5.41) is 18.1. The van der Waals surface area contributed by atoms with Gasteiger partial charge in [0, 0.05) is 39.0 Å². The molecule has 32 heavy (non-hydrogen) atoms. The number of thioether (sulfide) groups is 1. The number of phenols is 1. The second-order valence-corrected chi connectivity index (χ2v) is 12.1. The first kappa shape index (κ1) is 22.8. The SMILES string of the molecule is CC(C)(C)c1cc(SCNc2ccc3c(c2)CC2CC=CC=C2N3)cc(C(C)(C)C)c1O. The first-order valence-electron chi connectivity index (χ1n) is 11.5. The second-order valence-electron chi connectivity index (χ2n) is 11.0. The van der Waals surface area contributed by atoms with Crippen molar-refractivity contribution in [3.63, 3.8) is 0 Å². The molecule has 4 heteroatoms. The van der Waals surface area contributed by atoms with E-state index in [1.807, 2.05) is 0 Å². The van der Waals surface area contributed by atoms with Crippen molar-refractivity contribution < 1.29 is 5.11 Å². The Bertz CT molecular complexity index is 1030. The number of anilines is 2. The van der Waals surface area contributed by atoms with Gasteiger partial charge in [-0.25, -0.2) is 0 Å². The molecule has 1 aliphatic carbocycles. The fourth-order valence-corrected chi connectivity index (χ4v) is 5.28. The van der Waals surface area contributed by atoms with Crippen LogP contribution in [0.5, 0.6) is 5.75 Å². The molecule has 170 valence electrons. The molecule has 3 N–H and O–H groups in total. The van der Waals surface area contributed by atoms with E-state index < -0.39 is 0 Å². The molecular weight excluding hydrogens is 412 g/mol. The highest BCUT2D eigenvalue weighted by molar-refractivity contribution is 7.99. The van der Waals surface area contributed by atoms with E-state index in [0.29, 0.717) is 11.7 Å². The minimum Gasteiger partial charge on any atom is -0.507 e. The molecule has 1 aliphatic heterocycles. The van der Waals surface area contributed by atoms with Crippen LogP contribution in [0.2, 0.25) is 0 Å². The number of benzene rings is 2. The van der Waals surface area contributed by atoms with Crippen LogP contribution in [0.1, 0.15) is 64.7 Å².